The zero-order valence-electron chi connectivity index (χ0n) is 13.5. The summed E-state index contributed by atoms with van der Waals surface area (Å²) in [6.07, 6.45) is 6.42. The summed E-state index contributed by atoms with van der Waals surface area (Å²) in [6, 6.07) is 0. The Hall–Kier alpha value is -0.530. The van der Waals surface area contributed by atoms with Gasteiger partial charge in [0, 0.05) is 26.6 Å². The quantitative estimate of drug-likeness (QED) is 0.212. The lowest BCUT2D eigenvalue weighted by Gasteiger charge is -2.41. The molecule has 0 amide bonds. The first-order valence-corrected chi connectivity index (χ1v) is 7.76. The molecule has 1 aliphatic rings. The Labute approximate surface area is 145 Å². The predicted molar refractivity (Wildman–Crippen MR) is 97.2 cm³/mol. The lowest BCUT2D eigenvalue weighted by atomic mass is 9.67. The normalized spacial score (nSPS) is 16.4. The molecule has 124 valence electrons. The van der Waals surface area contributed by atoms with Gasteiger partial charge in [-0.1, -0.05) is 13.3 Å². The first-order valence-electron chi connectivity index (χ1n) is 7.76. The number of nitrogens with zero attached hydrogens (tertiary/aromatic N) is 1. The van der Waals surface area contributed by atoms with Crippen molar-refractivity contribution >= 4 is 35.9 Å². The van der Waals surface area contributed by atoms with E-state index in [1.54, 1.807) is 7.05 Å². The number of ether oxygens (including phenoxy) is 1. The molecule has 0 aromatic heterocycles. The summed E-state index contributed by atoms with van der Waals surface area (Å²) < 4.78 is 4.89. The molecule has 0 aromatic rings. The number of aliphatic imine (C=N–C) groups is 1. The highest BCUT2D eigenvalue weighted by Crippen LogP contribution is 2.42. The minimum absolute atomic E-state index is 0. The molecule has 1 fully saturated rings. The van der Waals surface area contributed by atoms with Crippen molar-refractivity contribution in [3.05, 3.63) is 0 Å². The molecule has 1 aliphatic carbocycles. The van der Waals surface area contributed by atoms with Crippen LogP contribution in [0.1, 0.15) is 52.4 Å². The van der Waals surface area contributed by atoms with Crippen LogP contribution in [0.4, 0.5) is 0 Å². The standard InChI is InChI=1S/C15H29N3O2.HI/c1-4-15(9-7-10-15)12-18-14(16-3)17-11-6-8-13(19)20-5-2;/h4-12H2,1-3H3,(H2,16,17,18);1H. The molecule has 0 unspecified atom stereocenters. The van der Waals surface area contributed by atoms with E-state index in [0.29, 0.717) is 18.4 Å². The Kier molecular flexibility index (Phi) is 10.8. The van der Waals surface area contributed by atoms with Gasteiger partial charge in [0.1, 0.15) is 0 Å². The third-order valence-corrected chi connectivity index (χ3v) is 4.17. The second-order valence-corrected chi connectivity index (χ2v) is 5.47. The summed E-state index contributed by atoms with van der Waals surface area (Å²) in [4.78, 5) is 15.4. The fourth-order valence-corrected chi connectivity index (χ4v) is 2.50. The second kappa shape index (κ2) is 11.1. The Morgan fingerprint density at radius 2 is 2.00 bits per heavy atom. The summed E-state index contributed by atoms with van der Waals surface area (Å²) in [6.45, 7) is 6.26. The number of carbonyl (C=O) groups excluding carboxylic acids is 1. The van der Waals surface area contributed by atoms with Gasteiger partial charge in [-0.05, 0) is 38.0 Å². The molecule has 2 N–H and O–H groups in total. The molecule has 6 heteroatoms. The third kappa shape index (κ3) is 7.33. The van der Waals surface area contributed by atoms with Gasteiger partial charge in [0.2, 0.25) is 0 Å². The lowest BCUT2D eigenvalue weighted by molar-refractivity contribution is -0.143. The number of hydrogen-bond donors (Lipinski definition) is 2. The van der Waals surface area contributed by atoms with Crippen molar-refractivity contribution in [3.63, 3.8) is 0 Å². The fourth-order valence-electron chi connectivity index (χ4n) is 2.50. The molecule has 1 rings (SSSR count). The summed E-state index contributed by atoms with van der Waals surface area (Å²) in [5.41, 5.74) is 0.475. The Bertz CT molecular complexity index is 325. The van der Waals surface area contributed by atoms with E-state index in [2.05, 4.69) is 22.5 Å². The van der Waals surface area contributed by atoms with Crippen LogP contribution in [0.25, 0.3) is 0 Å². The third-order valence-electron chi connectivity index (χ3n) is 4.17. The van der Waals surface area contributed by atoms with Gasteiger partial charge in [0.25, 0.3) is 0 Å². The van der Waals surface area contributed by atoms with E-state index in [1.807, 2.05) is 6.92 Å². The smallest absolute Gasteiger partial charge is 0.305 e. The fraction of sp³-hybridized carbons (Fsp3) is 0.867. The van der Waals surface area contributed by atoms with E-state index in [9.17, 15) is 4.79 Å². The molecule has 21 heavy (non-hydrogen) atoms. The highest BCUT2D eigenvalue weighted by Gasteiger charge is 2.34. The maximum atomic E-state index is 11.2. The van der Waals surface area contributed by atoms with Crippen molar-refractivity contribution in [2.75, 3.05) is 26.7 Å². The molecule has 0 bridgehead atoms. The Balaban J connectivity index is 0.00000400. The van der Waals surface area contributed by atoms with Crippen molar-refractivity contribution in [2.24, 2.45) is 10.4 Å². The minimum atomic E-state index is -0.128. The SMILES string of the molecule is CCOC(=O)CCCNC(=NC)NCC1(CC)CCC1.I. The molecule has 5 nitrogen and oxygen atoms in total. The van der Waals surface area contributed by atoms with Crippen molar-refractivity contribution < 1.29 is 9.53 Å². The first-order chi connectivity index (χ1) is 9.65. The highest BCUT2D eigenvalue weighted by atomic mass is 127. The number of carbonyl (C=O) groups is 1. The zero-order valence-corrected chi connectivity index (χ0v) is 15.9. The second-order valence-electron chi connectivity index (χ2n) is 5.47. The minimum Gasteiger partial charge on any atom is -0.466 e. The topological polar surface area (TPSA) is 62.7 Å². The Morgan fingerprint density at radius 1 is 1.29 bits per heavy atom. The molecule has 0 radical (unpaired) electrons. The van der Waals surface area contributed by atoms with Gasteiger partial charge in [0.15, 0.2) is 5.96 Å². The number of nitrogens with one attached hydrogen (secondary N) is 2. The van der Waals surface area contributed by atoms with Crippen LogP contribution in [0, 0.1) is 5.41 Å². The maximum Gasteiger partial charge on any atom is 0.305 e. The molecule has 0 spiro atoms. The van der Waals surface area contributed by atoms with Crippen molar-refractivity contribution in [2.45, 2.75) is 52.4 Å². The summed E-state index contributed by atoms with van der Waals surface area (Å²) in [5, 5.41) is 6.64. The monoisotopic (exact) mass is 411 g/mol. The molecule has 0 saturated heterocycles. The summed E-state index contributed by atoms with van der Waals surface area (Å²) in [5.74, 6) is 0.699. The largest absolute Gasteiger partial charge is 0.466 e. The molecule has 0 atom stereocenters. The van der Waals surface area contributed by atoms with E-state index >= 15 is 0 Å². The molecule has 0 aromatic carbocycles. The van der Waals surface area contributed by atoms with E-state index < -0.39 is 0 Å². The highest BCUT2D eigenvalue weighted by molar-refractivity contribution is 14.0. The van der Waals surface area contributed by atoms with Gasteiger partial charge < -0.3 is 15.4 Å². The number of guanidine groups is 1. The van der Waals surface area contributed by atoms with Gasteiger partial charge in [-0.2, -0.15) is 0 Å². The van der Waals surface area contributed by atoms with E-state index in [1.165, 1.54) is 25.7 Å². The predicted octanol–water partition coefficient (Wildman–Crippen LogP) is 2.69. The molecular weight excluding hydrogens is 381 g/mol. The van der Waals surface area contributed by atoms with Crippen LogP contribution in [-0.2, 0) is 9.53 Å². The van der Waals surface area contributed by atoms with Gasteiger partial charge >= 0.3 is 5.97 Å². The van der Waals surface area contributed by atoms with Crippen molar-refractivity contribution in [3.8, 4) is 0 Å². The van der Waals surface area contributed by atoms with Crippen molar-refractivity contribution in [1.29, 1.82) is 0 Å². The Morgan fingerprint density at radius 3 is 2.48 bits per heavy atom. The van der Waals surface area contributed by atoms with Crippen LogP contribution < -0.4 is 10.6 Å². The van der Waals surface area contributed by atoms with E-state index in [0.717, 1.165) is 25.5 Å². The van der Waals surface area contributed by atoms with Crippen LogP contribution in [0.15, 0.2) is 4.99 Å². The van der Waals surface area contributed by atoms with Crippen LogP contribution in [0.5, 0.6) is 0 Å². The molecule has 1 saturated carbocycles. The molecule has 0 heterocycles. The van der Waals surface area contributed by atoms with Crippen LogP contribution >= 0.6 is 24.0 Å². The van der Waals surface area contributed by atoms with Crippen LogP contribution in [0.2, 0.25) is 0 Å². The number of esters is 1. The molecule has 0 aliphatic heterocycles. The van der Waals surface area contributed by atoms with Crippen molar-refractivity contribution in [1.82, 2.24) is 10.6 Å². The summed E-state index contributed by atoms with van der Waals surface area (Å²) in [7, 11) is 1.78. The summed E-state index contributed by atoms with van der Waals surface area (Å²) >= 11 is 0. The van der Waals surface area contributed by atoms with Crippen LogP contribution in [0.3, 0.4) is 0 Å². The van der Waals surface area contributed by atoms with E-state index in [-0.39, 0.29) is 29.9 Å². The molecular formula is C15H30IN3O2. The lowest BCUT2D eigenvalue weighted by Crippen LogP contribution is -2.46. The van der Waals surface area contributed by atoms with E-state index in [4.69, 9.17) is 4.74 Å². The first kappa shape index (κ1) is 20.5. The average molecular weight is 411 g/mol. The average Bonchev–Trinajstić information content (AvgIpc) is 2.40. The van der Waals surface area contributed by atoms with Gasteiger partial charge in [0.05, 0.1) is 6.61 Å². The van der Waals surface area contributed by atoms with Crippen LogP contribution in [-0.4, -0.2) is 38.7 Å². The number of halogens is 1. The van der Waals surface area contributed by atoms with Gasteiger partial charge in [-0.3, -0.25) is 9.79 Å². The maximum absolute atomic E-state index is 11.2. The number of rotatable bonds is 8. The van der Waals surface area contributed by atoms with Gasteiger partial charge in [-0.25, -0.2) is 0 Å². The number of hydrogen-bond acceptors (Lipinski definition) is 3. The van der Waals surface area contributed by atoms with Gasteiger partial charge in [-0.15, -0.1) is 24.0 Å². The zero-order chi connectivity index (χ0) is 14.8.